The van der Waals surface area contributed by atoms with Crippen LogP contribution in [0.1, 0.15) is 18.9 Å². The highest BCUT2D eigenvalue weighted by molar-refractivity contribution is 9.24. The minimum absolute atomic E-state index is 0.0514. The van der Waals surface area contributed by atoms with Crippen LogP contribution in [0, 0.1) is 0 Å². The minimum atomic E-state index is -4.49. The van der Waals surface area contributed by atoms with Crippen molar-refractivity contribution in [3.05, 3.63) is 35.9 Å². The van der Waals surface area contributed by atoms with Crippen LogP contribution in [0.2, 0.25) is 0 Å². The number of anilines is 1. The number of benzene rings is 2. The molecular weight excluding hydrogens is 452 g/mol. The van der Waals surface area contributed by atoms with Crippen LogP contribution in [0.5, 0.6) is 0 Å². The highest BCUT2D eigenvalue weighted by Crippen LogP contribution is 2.41. The van der Waals surface area contributed by atoms with Crippen LogP contribution in [-0.2, 0) is 18.3 Å². The first-order chi connectivity index (χ1) is 10.6. The average molecular weight is 466 g/mol. The van der Waals surface area contributed by atoms with Gasteiger partial charge in [0.25, 0.3) is 10.1 Å². The van der Waals surface area contributed by atoms with Gasteiger partial charge in [-0.1, -0.05) is 31.2 Å². The molecule has 0 saturated heterocycles. The van der Waals surface area contributed by atoms with Crippen molar-refractivity contribution in [3.8, 4) is 0 Å². The summed E-state index contributed by atoms with van der Waals surface area (Å²) in [6.07, 6.45) is 0.285. The van der Waals surface area contributed by atoms with E-state index in [4.69, 9.17) is 5.73 Å². The van der Waals surface area contributed by atoms with Crippen molar-refractivity contribution >= 4 is 64.3 Å². The molecule has 0 radical (unpaired) electrons. The molecule has 0 fully saturated rings. The standard InChI is InChI=1S/C14H14Br2N2O4S/c1-2-12(19)18-14(15,16)10-5-3-4-9-8(10)6-7-11(17)13(9)23(20,21)22/h3-7H,2,17H2,1H3,(H,18,19)(H,20,21,22). The molecule has 0 bridgehead atoms. The fraction of sp³-hybridized carbons (Fsp3) is 0.214. The summed E-state index contributed by atoms with van der Waals surface area (Å²) in [7, 11) is -4.49. The number of hydrogen-bond acceptors (Lipinski definition) is 4. The summed E-state index contributed by atoms with van der Waals surface area (Å²) in [5.74, 6) is -0.207. The fourth-order valence-electron chi connectivity index (χ4n) is 2.24. The Hall–Kier alpha value is -1.16. The van der Waals surface area contributed by atoms with Crippen molar-refractivity contribution in [2.45, 2.75) is 21.6 Å². The van der Waals surface area contributed by atoms with Gasteiger partial charge in [-0.25, -0.2) is 0 Å². The van der Waals surface area contributed by atoms with E-state index in [2.05, 4.69) is 37.2 Å². The molecule has 1 amide bonds. The molecular formula is C14H14Br2N2O4S. The lowest BCUT2D eigenvalue weighted by Gasteiger charge is -2.24. The molecule has 4 N–H and O–H groups in total. The fourth-order valence-corrected chi connectivity index (χ4v) is 4.20. The predicted molar refractivity (Wildman–Crippen MR) is 96.1 cm³/mol. The Balaban J connectivity index is 2.76. The molecule has 0 saturated carbocycles. The summed E-state index contributed by atoms with van der Waals surface area (Å²) < 4.78 is 31.6. The number of halogens is 2. The van der Waals surface area contributed by atoms with Crippen molar-refractivity contribution < 1.29 is 17.8 Å². The molecule has 0 unspecified atom stereocenters. The Morgan fingerprint density at radius 3 is 2.48 bits per heavy atom. The maximum atomic E-state index is 11.7. The Morgan fingerprint density at radius 2 is 1.91 bits per heavy atom. The van der Waals surface area contributed by atoms with Gasteiger partial charge in [0.2, 0.25) is 5.91 Å². The monoisotopic (exact) mass is 464 g/mol. The summed E-state index contributed by atoms with van der Waals surface area (Å²) in [4.78, 5) is 11.3. The molecule has 0 atom stereocenters. The Bertz CT molecular complexity index is 882. The van der Waals surface area contributed by atoms with E-state index in [0.29, 0.717) is 10.9 Å². The van der Waals surface area contributed by atoms with E-state index < -0.39 is 13.5 Å². The number of alkyl halides is 2. The topological polar surface area (TPSA) is 109 Å². The van der Waals surface area contributed by atoms with Crippen LogP contribution >= 0.6 is 31.9 Å². The van der Waals surface area contributed by atoms with Crippen LogP contribution < -0.4 is 11.1 Å². The van der Waals surface area contributed by atoms with E-state index in [1.165, 1.54) is 12.1 Å². The predicted octanol–water partition coefficient (Wildman–Crippen LogP) is 3.10. The smallest absolute Gasteiger partial charge is 0.297 e. The third kappa shape index (κ3) is 3.68. The first kappa shape index (κ1) is 18.2. The van der Waals surface area contributed by atoms with Crippen molar-refractivity contribution in [2.24, 2.45) is 0 Å². The number of rotatable bonds is 4. The highest BCUT2D eigenvalue weighted by Gasteiger charge is 2.30. The van der Waals surface area contributed by atoms with Gasteiger partial charge in [0.1, 0.15) is 4.90 Å². The Morgan fingerprint density at radius 1 is 1.26 bits per heavy atom. The summed E-state index contributed by atoms with van der Waals surface area (Å²) >= 11 is 6.78. The van der Waals surface area contributed by atoms with Crippen LogP contribution in [0.4, 0.5) is 5.69 Å². The summed E-state index contributed by atoms with van der Waals surface area (Å²) in [5.41, 5.74) is 6.22. The van der Waals surface area contributed by atoms with Crippen LogP contribution in [0.15, 0.2) is 35.2 Å². The van der Waals surface area contributed by atoms with Crippen LogP contribution in [0.25, 0.3) is 10.8 Å². The third-order valence-corrected chi connectivity index (χ3v) is 5.48. The molecule has 2 rings (SSSR count). The second-order valence-corrected chi connectivity index (χ2v) is 9.64. The van der Waals surface area contributed by atoms with E-state index in [1.54, 1.807) is 25.1 Å². The molecule has 9 heteroatoms. The van der Waals surface area contributed by atoms with Gasteiger partial charge in [0, 0.05) is 17.4 Å². The van der Waals surface area contributed by atoms with Gasteiger partial charge < -0.3 is 11.1 Å². The van der Waals surface area contributed by atoms with Crippen LogP contribution in [0.3, 0.4) is 0 Å². The van der Waals surface area contributed by atoms with Gasteiger partial charge in [0.05, 0.1) is 5.69 Å². The maximum Gasteiger partial charge on any atom is 0.297 e. The molecule has 2 aromatic rings. The number of nitrogen functional groups attached to an aromatic ring is 1. The second-order valence-electron chi connectivity index (χ2n) is 4.84. The summed E-state index contributed by atoms with van der Waals surface area (Å²) in [5, 5.41) is 3.51. The lowest BCUT2D eigenvalue weighted by molar-refractivity contribution is -0.121. The zero-order valence-corrected chi connectivity index (χ0v) is 16.0. The van der Waals surface area contributed by atoms with Gasteiger partial charge in [-0.3, -0.25) is 9.35 Å². The van der Waals surface area contributed by atoms with Crippen molar-refractivity contribution in [3.63, 3.8) is 0 Å². The van der Waals surface area contributed by atoms with Crippen molar-refractivity contribution in [1.29, 1.82) is 0 Å². The molecule has 23 heavy (non-hydrogen) atoms. The molecule has 0 aliphatic carbocycles. The molecule has 2 aromatic carbocycles. The summed E-state index contributed by atoms with van der Waals surface area (Å²) in [6, 6.07) is 7.89. The zero-order chi connectivity index (χ0) is 17.4. The SMILES string of the molecule is CCC(=O)NC(Br)(Br)c1cccc2c(S(=O)(=O)O)c(N)ccc12. The number of carbonyl (C=O) groups excluding carboxylic acids is 1. The lowest BCUT2D eigenvalue weighted by atomic mass is 10.0. The zero-order valence-electron chi connectivity index (χ0n) is 12.0. The molecule has 0 aliphatic rings. The molecule has 0 spiro atoms. The first-order valence-corrected chi connectivity index (χ1v) is 9.58. The van der Waals surface area contributed by atoms with Crippen LogP contribution in [-0.4, -0.2) is 18.9 Å². The van der Waals surface area contributed by atoms with Crippen molar-refractivity contribution in [1.82, 2.24) is 5.32 Å². The van der Waals surface area contributed by atoms with Gasteiger partial charge in [-0.2, -0.15) is 8.42 Å². The highest BCUT2D eigenvalue weighted by atomic mass is 79.9. The maximum absolute atomic E-state index is 11.7. The second kappa shape index (κ2) is 6.39. The van der Waals surface area contributed by atoms with Gasteiger partial charge in [-0.05, 0) is 43.3 Å². The van der Waals surface area contributed by atoms with Crippen molar-refractivity contribution in [2.75, 3.05) is 5.73 Å². The minimum Gasteiger partial charge on any atom is -0.398 e. The summed E-state index contributed by atoms with van der Waals surface area (Å²) in [6.45, 7) is 1.71. The molecule has 0 aliphatic heterocycles. The number of carbonyl (C=O) groups is 1. The third-order valence-electron chi connectivity index (χ3n) is 3.26. The Kier molecular flexibility index (Phi) is 5.05. The molecule has 124 valence electrons. The number of hydrogen-bond donors (Lipinski definition) is 3. The van der Waals surface area contributed by atoms with E-state index in [-0.39, 0.29) is 28.3 Å². The first-order valence-electron chi connectivity index (χ1n) is 6.56. The normalized spacial score (nSPS) is 12.3. The van der Waals surface area contributed by atoms with E-state index in [0.717, 1.165) is 0 Å². The number of nitrogens with one attached hydrogen (secondary N) is 1. The molecule has 0 aromatic heterocycles. The van der Waals surface area contributed by atoms with E-state index >= 15 is 0 Å². The Labute approximate surface area is 150 Å². The number of amides is 1. The number of nitrogens with two attached hydrogens (primary N) is 1. The average Bonchev–Trinajstić information content (AvgIpc) is 2.44. The van der Waals surface area contributed by atoms with Gasteiger partial charge in [-0.15, -0.1) is 0 Å². The quantitative estimate of drug-likeness (QED) is 0.278. The largest absolute Gasteiger partial charge is 0.398 e. The lowest BCUT2D eigenvalue weighted by Crippen LogP contribution is -2.35. The van der Waals surface area contributed by atoms with Gasteiger partial charge in [0.15, 0.2) is 3.36 Å². The molecule has 0 heterocycles. The number of fused-ring (bicyclic) bond motifs is 1. The van der Waals surface area contributed by atoms with E-state index in [9.17, 15) is 17.8 Å². The van der Waals surface area contributed by atoms with Gasteiger partial charge >= 0.3 is 0 Å². The molecule has 6 nitrogen and oxygen atoms in total. The van der Waals surface area contributed by atoms with E-state index in [1.807, 2.05) is 0 Å².